The van der Waals surface area contributed by atoms with Crippen LogP contribution >= 0.6 is 0 Å². The molecule has 0 rings (SSSR count). The number of aliphatic carboxylic acids is 2. The van der Waals surface area contributed by atoms with E-state index in [9.17, 15) is 53.7 Å². The highest BCUT2D eigenvalue weighted by molar-refractivity contribution is 5.97. The molecule has 24 heteroatoms. The third-order valence-corrected chi connectivity index (χ3v) is 7.59. The van der Waals surface area contributed by atoms with Gasteiger partial charge in [0.05, 0.1) is 25.4 Å². The molecule has 0 saturated heterocycles. The molecule has 0 aromatic rings. The van der Waals surface area contributed by atoms with Gasteiger partial charge in [0.2, 0.25) is 35.4 Å². The molecule has 8 atom stereocenters. The Bertz CT molecular complexity index is 1310. The highest BCUT2D eigenvalue weighted by Crippen LogP contribution is 2.06. The molecular formula is C30H55N11O13. The molecule has 19 N–H and O–H groups in total. The number of aliphatic imine (C=N–C) groups is 1. The molecule has 0 aliphatic carbocycles. The molecule has 54 heavy (non-hydrogen) atoms. The van der Waals surface area contributed by atoms with Crippen molar-refractivity contribution in [2.24, 2.45) is 27.9 Å². The summed E-state index contributed by atoms with van der Waals surface area (Å²) in [6.45, 7) is 0.745. The number of unbranched alkanes of at least 4 members (excludes halogenated alkanes) is 1. The SMILES string of the molecule is C[C@H](NC(=O)[C@@H](N)CCCCN)C(=O)N[C@@H](CO)C(=O)N[C@H](C(=O)N[C@@H](CCCN=C(N)N)C(=O)N[C@@H](CCC(=O)O)C(=O)N[C@@H](CO)C(=O)O)[C@@H](C)O. The summed E-state index contributed by atoms with van der Waals surface area (Å²) in [5, 5.41) is 61.1. The number of aliphatic hydroxyl groups is 3. The number of hydrogen-bond donors (Lipinski definition) is 15. The molecule has 0 aromatic heterocycles. The molecule has 0 aliphatic heterocycles. The van der Waals surface area contributed by atoms with Crippen LogP contribution in [0.5, 0.6) is 0 Å². The molecule has 0 saturated carbocycles. The van der Waals surface area contributed by atoms with Crippen molar-refractivity contribution >= 4 is 53.3 Å². The minimum absolute atomic E-state index is 0.0332. The van der Waals surface area contributed by atoms with E-state index in [1.54, 1.807) is 0 Å². The van der Waals surface area contributed by atoms with Gasteiger partial charge >= 0.3 is 11.9 Å². The second-order valence-electron chi connectivity index (χ2n) is 12.2. The van der Waals surface area contributed by atoms with Crippen molar-refractivity contribution in [3.05, 3.63) is 0 Å². The Morgan fingerprint density at radius 1 is 0.630 bits per heavy atom. The summed E-state index contributed by atoms with van der Waals surface area (Å²) in [7, 11) is 0. The highest BCUT2D eigenvalue weighted by Gasteiger charge is 2.34. The Hall–Kier alpha value is -5.17. The maximum atomic E-state index is 13.4. The number of carbonyl (C=O) groups is 8. The number of carboxylic acid groups (broad SMARTS) is 2. The monoisotopic (exact) mass is 777 g/mol. The van der Waals surface area contributed by atoms with Crippen LogP contribution in [0.2, 0.25) is 0 Å². The molecule has 0 unspecified atom stereocenters. The molecule has 24 nitrogen and oxygen atoms in total. The van der Waals surface area contributed by atoms with Crippen LogP contribution in [0.1, 0.15) is 58.8 Å². The predicted molar refractivity (Wildman–Crippen MR) is 188 cm³/mol. The summed E-state index contributed by atoms with van der Waals surface area (Å²) < 4.78 is 0. The smallest absolute Gasteiger partial charge is 0.328 e. The number of carboxylic acids is 2. The van der Waals surface area contributed by atoms with E-state index in [1.807, 2.05) is 5.32 Å². The lowest BCUT2D eigenvalue weighted by atomic mass is 10.1. The van der Waals surface area contributed by atoms with Gasteiger partial charge in [0.15, 0.2) is 5.96 Å². The number of guanidine groups is 1. The van der Waals surface area contributed by atoms with Gasteiger partial charge in [-0.3, -0.25) is 38.6 Å². The second-order valence-corrected chi connectivity index (χ2v) is 12.2. The van der Waals surface area contributed by atoms with E-state index < -0.39 is 122 Å². The van der Waals surface area contributed by atoms with Crippen LogP contribution < -0.4 is 54.8 Å². The first kappa shape index (κ1) is 48.8. The number of aliphatic hydroxyl groups excluding tert-OH is 3. The molecule has 0 fully saturated rings. The topological polar surface area (TPSA) is 426 Å². The van der Waals surface area contributed by atoms with E-state index in [2.05, 4.69) is 31.6 Å². The maximum absolute atomic E-state index is 13.4. The fourth-order valence-corrected chi connectivity index (χ4v) is 4.48. The average Bonchev–Trinajstić information content (AvgIpc) is 3.10. The van der Waals surface area contributed by atoms with Gasteiger partial charge in [-0.2, -0.15) is 0 Å². The standard InChI is InChI=1S/C30H55N11O13/c1-14(36-24(48)16(32)6-3-4-10-31)23(47)39-19(12-42)27(51)41-22(15(2)44)28(52)38-17(7-5-11-35-30(33)34)25(49)37-18(8-9-21(45)46)26(50)40-20(13-43)29(53)54/h14-20,22,42-44H,3-13,31-32H2,1-2H3,(H,36,48)(H,37,49)(H,38,52)(H,39,47)(H,40,50)(H,41,51)(H,45,46)(H,53,54)(H4,33,34,35)/t14-,15+,16-,17-,18-,19-,20-,22-/m0/s1. The van der Waals surface area contributed by atoms with Gasteiger partial charge in [0.25, 0.3) is 0 Å². The molecule has 0 heterocycles. The summed E-state index contributed by atoms with van der Waals surface area (Å²) in [5.41, 5.74) is 21.9. The number of nitrogens with two attached hydrogens (primary N) is 4. The van der Waals surface area contributed by atoms with Crippen LogP contribution in [-0.2, 0) is 38.4 Å². The van der Waals surface area contributed by atoms with Gasteiger partial charge in [-0.05, 0) is 52.5 Å². The quantitative estimate of drug-likeness (QED) is 0.0209. The first-order valence-electron chi connectivity index (χ1n) is 17.0. The normalized spacial score (nSPS) is 15.3. The molecule has 0 spiro atoms. The molecule has 0 aliphatic rings. The van der Waals surface area contributed by atoms with Gasteiger partial charge in [-0.15, -0.1) is 0 Å². The van der Waals surface area contributed by atoms with Crippen molar-refractivity contribution in [2.75, 3.05) is 26.3 Å². The lowest BCUT2D eigenvalue weighted by Gasteiger charge is -2.28. The number of carbonyl (C=O) groups excluding carboxylic acids is 6. The van der Waals surface area contributed by atoms with Gasteiger partial charge in [-0.25, -0.2) is 4.79 Å². The predicted octanol–water partition coefficient (Wildman–Crippen LogP) is -7.26. The molecule has 6 amide bonds. The Morgan fingerprint density at radius 3 is 1.65 bits per heavy atom. The van der Waals surface area contributed by atoms with Crippen molar-refractivity contribution in [1.82, 2.24) is 31.9 Å². The van der Waals surface area contributed by atoms with E-state index in [0.29, 0.717) is 25.8 Å². The zero-order valence-corrected chi connectivity index (χ0v) is 30.2. The third-order valence-electron chi connectivity index (χ3n) is 7.59. The minimum atomic E-state index is -1.81. The first-order valence-corrected chi connectivity index (χ1v) is 17.0. The van der Waals surface area contributed by atoms with Crippen molar-refractivity contribution in [2.45, 2.75) is 107 Å². The van der Waals surface area contributed by atoms with Crippen molar-refractivity contribution in [1.29, 1.82) is 0 Å². The van der Waals surface area contributed by atoms with Crippen LogP contribution in [0.25, 0.3) is 0 Å². The zero-order valence-electron chi connectivity index (χ0n) is 30.2. The third kappa shape index (κ3) is 19.1. The van der Waals surface area contributed by atoms with Gasteiger partial charge in [0.1, 0.15) is 36.3 Å². The van der Waals surface area contributed by atoms with Crippen molar-refractivity contribution < 1.29 is 63.9 Å². The van der Waals surface area contributed by atoms with E-state index in [1.165, 1.54) is 6.92 Å². The maximum Gasteiger partial charge on any atom is 0.328 e. The van der Waals surface area contributed by atoms with Crippen LogP contribution in [0.4, 0.5) is 0 Å². The van der Waals surface area contributed by atoms with Gasteiger partial charge in [-0.1, -0.05) is 6.42 Å². The molecule has 0 aromatic carbocycles. The molecule has 0 radical (unpaired) electrons. The number of nitrogens with one attached hydrogen (secondary N) is 6. The number of hydrogen-bond acceptors (Lipinski definition) is 14. The highest BCUT2D eigenvalue weighted by atomic mass is 16.4. The number of amides is 6. The van der Waals surface area contributed by atoms with Crippen molar-refractivity contribution in [3.8, 4) is 0 Å². The molecular weight excluding hydrogens is 722 g/mol. The van der Waals surface area contributed by atoms with Gasteiger partial charge in [0, 0.05) is 13.0 Å². The van der Waals surface area contributed by atoms with Crippen LogP contribution in [-0.4, -0.2) is 154 Å². The van der Waals surface area contributed by atoms with Crippen LogP contribution in [0.15, 0.2) is 4.99 Å². The van der Waals surface area contributed by atoms with Crippen LogP contribution in [0, 0.1) is 0 Å². The van der Waals surface area contributed by atoms with Crippen LogP contribution in [0.3, 0.4) is 0 Å². The summed E-state index contributed by atoms with van der Waals surface area (Å²) >= 11 is 0. The summed E-state index contributed by atoms with van der Waals surface area (Å²) in [6, 6.07) is -10.7. The summed E-state index contributed by atoms with van der Waals surface area (Å²) in [6.07, 6.45) is -1.53. The van der Waals surface area contributed by atoms with E-state index in [0.717, 1.165) is 6.92 Å². The Labute approximate surface area is 310 Å². The van der Waals surface area contributed by atoms with E-state index >= 15 is 0 Å². The largest absolute Gasteiger partial charge is 0.481 e. The average molecular weight is 778 g/mol. The molecule has 0 bridgehead atoms. The lowest BCUT2D eigenvalue weighted by molar-refractivity contribution is -0.144. The first-order chi connectivity index (χ1) is 25.3. The zero-order chi connectivity index (χ0) is 41.5. The van der Waals surface area contributed by atoms with E-state index in [-0.39, 0.29) is 25.3 Å². The Balaban J connectivity index is 5.99. The summed E-state index contributed by atoms with van der Waals surface area (Å²) in [4.78, 5) is 104. The van der Waals surface area contributed by atoms with Crippen molar-refractivity contribution in [3.63, 3.8) is 0 Å². The fraction of sp³-hybridized carbons (Fsp3) is 0.700. The Kier molecular flexibility index (Phi) is 23.3. The Morgan fingerprint density at radius 2 is 1.15 bits per heavy atom. The minimum Gasteiger partial charge on any atom is -0.481 e. The summed E-state index contributed by atoms with van der Waals surface area (Å²) in [5.74, 6) is -9.39. The number of nitrogens with zero attached hydrogens (tertiary/aromatic N) is 1. The fourth-order valence-electron chi connectivity index (χ4n) is 4.48. The van der Waals surface area contributed by atoms with E-state index in [4.69, 9.17) is 33.1 Å². The lowest BCUT2D eigenvalue weighted by Crippen LogP contribution is -2.62. The molecule has 308 valence electrons. The second kappa shape index (κ2) is 25.7. The number of rotatable bonds is 27. The van der Waals surface area contributed by atoms with Gasteiger partial charge < -0.3 is 80.4 Å².